The molecule has 2 aliphatic rings. The molecule has 5 aromatic rings. The molecule has 3 aromatic carbocycles. The van der Waals surface area contributed by atoms with Crippen LogP contribution in [0.4, 0.5) is 26.0 Å². The number of nitriles is 1. The molecule has 15 heteroatoms. The molecule has 258 valence electrons. The van der Waals surface area contributed by atoms with E-state index in [0.717, 1.165) is 47.4 Å². The summed E-state index contributed by atoms with van der Waals surface area (Å²) in [4.78, 5) is 38.5. The molecule has 0 atom stereocenters. The van der Waals surface area contributed by atoms with Crippen molar-refractivity contribution in [1.29, 1.82) is 5.26 Å². The number of carbonyl (C=O) groups is 1. The smallest absolute Gasteiger partial charge is 0.271 e. The predicted molar refractivity (Wildman–Crippen MR) is 183 cm³/mol. The summed E-state index contributed by atoms with van der Waals surface area (Å²) in [6.45, 7) is 5.93. The number of fused-ring (bicyclic) bond motifs is 3. The summed E-state index contributed by atoms with van der Waals surface area (Å²) in [6, 6.07) is 17.7. The molecule has 0 saturated carbocycles. The van der Waals surface area contributed by atoms with Gasteiger partial charge < -0.3 is 24.8 Å². The van der Waals surface area contributed by atoms with Crippen LogP contribution in [0.3, 0.4) is 0 Å². The summed E-state index contributed by atoms with van der Waals surface area (Å²) < 4.78 is 34.2. The van der Waals surface area contributed by atoms with Crippen LogP contribution in [0.15, 0.2) is 67.0 Å². The number of carbonyl (C=O) groups excluding carboxylic acids is 1. The van der Waals surface area contributed by atoms with Crippen molar-refractivity contribution in [3.05, 3.63) is 99.9 Å². The molecule has 1 amide bonds. The minimum atomic E-state index is -0.834. The first-order valence-corrected chi connectivity index (χ1v) is 16.2. The van der Waals surface area contributed by atoms with Crippen molar-refractivity contribution < 1.29 is 23.2 Å². The number of halogens is 2. The summed E-state index contributed by atoms with van der Waals surface area (Å²) in [7, 11) is 0. The van der Waals surface area contributed by atoms with Crippen molar-refractivity contribution in [1.82, 2.24) is 24.3 Å². The van der Waals surface area contributed by atoms with E-state index >= 15 is 0 Å². The van der Waals surface area contributed by atoms with Crippen LogP contribution >= 0.6 is 0 Å². The molecule has 2 fully saturated rings. The molecule has 0 bridgehead atoms. The minimum absolute atomic E-state index is 0.0127. The lowest BCUT2D eigenvalue weighted by Gasteiger charge is -2.35. The first-order chi connectivity index (χ1) is 24.2. The van der Waals surface area contributed by atoms with Crippen molar-refractivity contribution in [2.75, 3.05) is 69.7 Å². The summed E-state index contributed by atoms with van der Waals surface area (Å²) in [5.74, 6) is -0.932. The minimum Gasteiger partial charge on any atom is -0.399 e. The second-order valence-corrected chi connectivity index (χ2v) is 12.0. The first-order valence-electron chi connectivity index (χ1n) is 16.2. The lowest BCUT2D eigenvalue weighted by molar-refractivity contribution is -0.384. The Hall–Kier alpha value is -5.72. The standard InChI is InChI=1S/C29H29F2N7O2.C6H6N2O2/c30-22-5-4-20(16-23(22)31)6-7-35-8-10-37(11-9-35)29-28-27(33-19-34-29)26-21(17-32)2-1-3-24(26)38(28)18-25(39)36-12-14-40-15-13-36;7-5-2-1-3-6(4-5)8(9)10/h1-5,16,19H,6-15,18H2;1-4H,7H2. The van der Waals surface area contributed by atoms with E-state index in [1.807, 2.05) is 21.6 Å². The van der Waals surface area contributed by atoms with E-state index in [9.17, 15) is 29.0 Å². The van der Waals surface area contributed by atoms with Gasteiger partial charge in [-0.05, 0) is 42.3 Å². The van der Waals surface area contributed by atoms with Gasteiger partial charge in [-0.25, -0.2) is 18.7 Å². The Bertz CT molecular complexity index is 2070. The molecule has 2 saturated heterocycles. The third kappa shape index (κ3) is 7.46. The molecular formula is C35H35F2N9O4. The van der Waals surface area contributed by atoms with Crippen molar-refractivity contribution in [2.45, 2.75) is 13.0 Å². The number of piperazine rings is 1. The Kier molecular flexibility index (Phi) is 10.4. The summed E-state index contributed by atoms with van der Waals surface area (Å²) >= 11 is 0. The first kappa shape index (κ1) is 34.2. The highest BCUT2D eigenvalue weighted by Crippen LogP contribution is 2.35. The number of aromatic nitrogens is 3. The normalized spacial score (nSPS) is 15.1. The van der Waals surface area contributed by atoms with Crippen LogP contribution in [0.2, 0.25) is 0 Å². The van der Waals surface area contributed by atoms with E-state index in [2.05, 4.69) is 25.8 Å². The number of non-ortho nitro benzene ring substituents is 1. The number of ether oxygens (including phenoxy) is 1. The molecular weight excluding hydrogens is 648 g/mol. The third-order valence-electron chi connectivity index (χ3n) is 8.87. The summed E-state index contributed by atoms with van der Waals surface area (Å²) in [5, 5.41) is 20.7. The number of nitro benzene ring substituents is 1. The van der Waals surface area contributed by atoms with E-state index in [1.54, 1.807) is 24.3 Å². The lowest BCUT2D eigenvalue weighted by atomic mass is 10.1. The highest BCUT2D eigenvalue weighted by atomic mass is 19.2. The molecule has 13 nitrogen and oxygen atoms in total. The molecule has 0 aliphatic carbocycles. The topological polar surface area (TPSA) is 160 Å². The second-order valence-electron chi connectivity index (χ2n) is 12.0. The van der Waals surface area contributed by atoms with E-state index < -0.39 is 16.6 Å². The van der Waals surface area contributed by atoms with Crippen molar-refractivity contribution in [3.8, 4) is 6.07 Å². The highest BCUT2D eigenvalue weighted by Gasteiger charge is 2.27. The SMILES string of the molecule is N#Cc1cccc2c1c1ncnc(N3CCN(CCc4ccc(F)c(F)c4)CC3)c1n2CC(=O)N1CCOCC1.Nc1cccc([N+](=O)[O-])c1. The second kappa shape index (κ2) is 15.2. The summed E-state index contributed by atoms with van der Waals surface area (Å²) in [6.07, 6.45) is 2.15. The van der Waals surface area contributed by atoms with Gasteiger partial charge >= 0.3 is 0 Å². The van der Waals surface area contributed by atoms with Gasteiger partial charge in [-0.3, -0.25) is 19.8 Å². The van der Waals surface area contributed by atoms with Crippen LogP contribution in [-0.2, 0) is 22.5 Å². The van der Waals surface area contributed by atoms with E-state index in [1.165, 1.54) is 30.6 Å². The number of amides is 1. The van der Waals surface area contributed by atoms with Crippen LogP contribution in [0.25, 0.3) is 21.9 Å². The van der Waals surface area contributed by atoms with E-state index in [-0.39, 0.29) is 18.1 Å². The fraction of sp³-hybridized carbons (Fsp3) is 0.314. The number of rotatable bonds is 7. The number of hydrogen-bond acceptors (Lipinski definition) is 10. The van der Waals surface area contributed by atoms with E-state index in [0.29, 0.717) is 62.6 Å². The molecule has 4 heterocycles. The largest absolute Gasteiger partial charge is 0.399 e. The van der Waals surface area contributed by atoms with Crippen LogP contribution in [-0.4, -0.2) is 94.2 Å². The molecule has 50 heavy (non-hydrogen) atoms. The number of nitro groups is 1. The van der Waals surface area contributed by atoms with Crippen LogP contribution in [0.5, 0.6) is 0 Å². The molecule has 0 spiro atoms. The number of anilines is 2. The van der Waals surface area contributed by atoms with Crippen molar-refractivity contribution in [3.63, 3.8) is 0 Å². The number of nitrogens with two attached hydrogens (primary N) is 1. The maximum Gasteiger partial charge on any atom is 0.271 e. The van der Waals surface area contributed by atoms with Gasteiger partial charge in [0.25, 0.3) is 5.69 Å². The average molecular weight is 684 g/mol. The quantitative estimate of drug-likeness (QED) is 0.150. The Morgan fingerprint density at radius 2 is 1.74 bits per heavy atom. The molecule has 2 aliphatic heterocycles. The van der Waals surface area contributed by atoms with Gasteiger partial charge in [0.1, 0.15) is 23.9 Å². The Morgan fingerprint density at radius 3 is 2.42 bits per heavy atom. The van der Waals surface area contributed by atoms with Gasteiger partial charge in [0.05, 0.1) is 35.3 Å². The molecule has 2 aromatic heterocycles. The van der Waals surface area contributed by atoms with Gasteiger partial charge in [-0.2, -0.15) is 5.26 Å². The Labute approximate surface area is 286 Å². The van der Waals surface area contributed by atoms with Gasteiger partial charge in [-0.1, -0.05) is 18.2 Å². The zero-order chi connectivity index (χ0) is 35.2. The number of morpholine rings is 1. The zero-order valence-electron chi connectivity index (χ0n) is 27.2. The van der Waals surface area contributed by atoms with Crippen LogP contribution in [0.1, 0.15) is 11.1 Å². The van der Waals surface area contributed by atoms with Gasteiger partial charge in [0.15, 0.2) is 17.5 Å². The fourth-order valence-electron chi connectivity index (χ4n) is 6.28. The molecule has 2 N–H and O–H groups in total. The number of nitrogens with zero attached hydrogens (tertiary/aromatic N) is 8. The number of benzene rings is 3. The van der Waals surface area contributed by atoms with Crippen LogP contribution < -0.4 is 10.6 Å². The Morgan fingerprint density at radius 1 is 0.980 bits per heavy atom. The fourth-order valence-corrected chi connectivity index (χ4v) is 6.28. The molecule has 0 unspecified atom stereocenters. The van der Waals surface area contributed by atoms with Crippen molar-refractivity contribution in [2.24, 2.45) is 0 Å². The molecule has 0 radical (unpaired) electrons. The maximum atomic E-state index is 13.6. The predicted octanol–water partition coefficient (Wildman–Crippen LogP) is 4.13. The average Bonchev–Trinajstić information content (AvgIpc) is 3.46. The van der Waals surface area contributed by atoms with Gasteiger partial charge in [-0.15, -0.1) is 0 Å². The van der Waals surface area contributed by atoms with Gasteiger partial charge in [0.2, 0.25) is 5.91 Å². The highest BCUT2D eigenvalue weighted by molar-refractivity contribution is 6.12. The van der Waals surface area contributed by atoms with Gasteiger partial charge in [0, 0.05) is 69.0 Å². The summed E-state index contributed by atoms with van der Waals surface area (Å²) in [5.41, 5.74) is 9.19. The lowest BCUT2D eigenvalue weighted by Crippen LogP contribution is -2.47. The monoisotopic (exact) mass is 683 g/mol. The van der Waals surface area contributed by atoms with Crippen molar-refractivity contribution >= 4 is 45.0 Å². The van der Waals surface area contributed by atoms with Crippen LogP contribution in [0, 0.1) is 33.1 Å². The number of nitrogen functional groups attached to an aromatic ring is 1. The number of hydrogen-bond donors (Lipinski definition) is 1. The zero-order valence-corrected chi connectivity index (χ0v) is 27.2. The maximum absolute atomic E-state index is 13.6. The third-order valence-corrected chi connectivity index (χ3v) is 8.87. The van der Waals surface area contributed by atoms with E-state index in [4.69, 9.17) is 10.5 Å². The molecule has 7 rings (SSSR count). The Balaban J connectivity index is 0.000000373.